The molecule has 2 aromatic rings. The molecule has 2 fully saturated rings. The molecule has 166 valence electrons. The number of nitrogens with one attached hydrogen (secondary N) is 1. The molecule has 2 aliphatic carbocycles. The highest BCUT2D eigenvalue weighted by Crippen LogP contribution is 2.45. The summed E-state index contributed by atoms with van der Waals surface area (Å²) in [5, 5.41) is 32.8. The molecule has 3 aliphatic rings. The molecular formula is C22H29N5O4. The summed E-state index contributed by atoms with van der Waals surface area (Å²) >= 11 is 0. The minimum absolute atomic E-state index is 0.187. The Morgan fingerprint density at radius 3 is 2.71 bits per heavy atom. The van der Waals surface area contributed by atoms with E-state index < -0.39 is 5.97 Å². The van der Waals surface area contributed by atoms with Crippen molar-refractivity contribution >= 4 is 28.4 Å². The summed E-state index contributed by atoms with van der Waals surface area (Å²) in [5.41, 5.74) is 4.06. The molecule has 0 amide bonds. The van der Waals surface area contributed by atoms with E-state index in [-0.39, 0.29) is 23.7 Å². The van der Waals surface area contributed by atoms with Crippen LogP contribution in [-0.4, -0.2) is 54.4 Å². The monoisotopic (exact) mass is 427 g/mol. The maximum Gasteiger partial charge on any atom is 0.306 e. The second-order valence-corrected chi connectivity index (χ2v) is 9.23. The van der Waals surface area contributed by atoms with Crippen LogP contribution < -0.4 is 5.32 Å². The third-order valence-corrected chi connectivity index (χ3v) is 7.03. The number of carboxylic acid groups (broad SMARTS) is 1. The van der Waals surface area contributed by atoms with Crippen LogP contribution in [0.2, 0.25) is 0 Å². The minimum atomic E-state index is -0.698. The normalized spacial score (nSPS) is 30.2. The maximum atomic E-state index is 11.3. The van der Waals surface area contributed by atoms with E-state index >= 15 is 0 Å². The van der Waals surface area contributed by atoms with Gasteiger partial charge in [0.05, 0.1) is 34.5 Å². The fourth-order valence-corrected chi connectivity index (χ4v) is 5.28. The molecule has 0 radical (unpaired) electrons. The number of aliphatic carboxylic acids is 1. The minimum Gasteiger partial charge on any atom is -0.481 e. The van der Waals surface area contributed by atoms with Crippen molar-refractivity contribution < 1.29 is 19.8 Å². The van der Waals surface area contributed by atoms with E-state index in [0.29, 0.717) is 32.1 Å². The van der Waals surface area contributed by atoms with Crippen LogP contribution in [-0.2, 0) is 16.2 Å². The first kappa shape index (κ1) is 20.2. The number of hydrogen-bond donors (Lipinski definition) is 3. The van der Waals surface area contributed by atoms with Crippen LogP contribution in [0.3, 0.4) is 0 Å². The van der Waals surface area contributed by atoms with Crippen molar-refractivity contribution in [1.29, 1.82) is 0 Å². The van der Waals surface area contributed by atoms with Gasteiger partial charge >= 0.3 is 5.97 Å². The first-order chi connectivity index (χ1) is 14.9. The Balaban J connectivity index is 1.49. The summed E-state index contributed by atoms with van der Waals surface area (Å²) in [6.07, 6.45) is 6.34. The van der Waals surface area contributed by atoms with Crippen molar-refractivity contribution in [3.63, 3.8) is 0 Å². The van der Waals surface area contributed by atoms with Gasteiger partial charge in [-0.2, -0.15) is 5.10 Å². The van der Waals surface area contributed by atoms with E-state index in [1.807, 2.05) is 24.7 Å². The molecule has 31 heavy (non-hydrogen) atoms. The first-order valence-corrected chi connectivity index (χ1v) is 11.2. The zero-order valence-corrected chi connectivity index (χ0v) is 18.0. The fraction of sp³-hybridized carbons (Fsp3) is 0.636. The lowest BCUT2D eigenvalue weighted by atomic mass is 9.74. The van der Waals surface area contributed by atoms with E-state index in [4.69, 9.17) is 9.82 Å². The van der Waals surface area contributed by atoms with Gasteiger partial charge in [-0.15, -0.1) is 0 Å². The van der Waals surface area contributed by atoms with Gasteiger partial charge in [-0.3, -0.25) is 4.79 Å². The number of aliphatic hydroxyl groups excluding tert-OH is 1. The molecule has 2 saturated carbocycles. The second-order valence-electron chi connectivity index (χ2n) is 9.23. The number of fused-ring (bicyclic) bond motifs is 1. The SMILES string of the molecule is CCn1nc(C)c2c(NC3CCC(C(=O)O)CC3)c(C3=NOC4(C3)CC(O)C4)cnc21. The molecule has 3 N–H and O–H groups in total. The van der Waals surface area contributed by atoms with Gasteiger partial charge in [0.1, 0.15) is 5.60 Å². The fourth-order valence-electron chi connectivity index (χ4n) is 5.28. The summed E-state index contributed by atoms with van der Waals surface area (Å²) in [6.45, 7) is 4.76. The Morgan fingerprint density at radius 1 is 1.32 bits per heavy atom. The lowest BCUT2D eigenvalue weighted by molar-refractivity contribution is -0.142. The number of anilines is 1. The molecule has 3 heterocycles. The van der Waals surface area contributed by atoms with Gasteiger partial charge in [0.2, 0.25) is 0 Å². The van der Waals surface area contributed by atoms with Gasteiger partial charge in [-0.05, 0) is 39.5 Å². The molecule has 1 aliphatic heterocycles. The Kier molecular flexibility index (Phi) is 4.88. The molecular weight excluding hydrogens is 398 g/mol. The van der Waals surface area contributed by atoms with E-state index in [1.54, 1.807) is 0 Å². The highest BCUT2D eigenvalue weighted by atomic mass is 16.7. The molecule has 1 spiro atoms. The van der Waals surface area contributed by atoms with Crippen LogP contribution in [0.25, 0.3) is 11.0 Å². The van der Waals surface area contributed by atoms with Crippen molar-refractivity contribution in [3.05, 3.63) is 17.5 Å². The molecule has 0 aromatic carbocycles. The molecule has 0 bridgehead atoms. The Bertz CT molecular complexity index is 1050. The molecule has 0 unspecified atom stereocenters. The number of rotatable bonds is 5. The van der Waals surface area contributed by atoms with Crippen LogP contribution in [0.15, 0.2) is 11.4 Å². The van der Waals surface area contributed by atoms with Crippen molar-refractivity contribution in [2.75, 3.05) is 5.32 Å². The molecule has 9 nitrogen and oxygen atoms in total. The zero-order valence-electron chi connectivity index (χ0n) is 18.0. The number of hydrogen-bond acceptors (Lipinski definition) is 7. The van der Waals surface area contributed by atoms with Crippen LogP contribution >= 0.6 is 0 Å². The predicted molar refractivity (Wildman–Crippen MR) is 115 cm³/mol. The number of carboxylic acids is 1. The van der Waals surface area contributed by atoms with Crippen molar-refractivity contribution in [2.45, 2.75) is 83.1 Å². The summed E-state index contributed by atoms with van der Waals surface area (Å²) in [7, 11) is 0. The number of aromatic nitrogens is 3. The first-order valence-electron chi connectivity index (χ1n) is 11.2. The number of aliphatic hydroxyl groups is 1. The smallest absolute Gasteiger partial charge is 0.306 e. The summed E-state index contributed by atoms with van der Waals surface area (Å²) in [4.78, 5) is 21.8. The number of nitrogens with zero attached hydrogens (tertiary/aromatic N) is 4. The lowest BCUT2D eigenvalue weighted by Crippen LogP contribution is -2.47. The third kappa shape index (κ3) is 3.44. The Hall–Kier alpha value is -2.68. The van der Waals surface area contributed by atoms with Gasteiger partial charge in [-0.25, -0.2) is 9.67 Å². The molecule has 0 saturated heterocycles. The zero-order chi connectivity index (χ0) is 21.8. The molecule has 5 rings (SSSR count). The van der Waals surface area contributed by atoms with E-state index in [2.05, 4.69) is 15.6 Å². The van der Waals surface area contributed by atoms with E-state index in [9.17, 15) is 15.0 Å². The predicted octanol–water partition coefficient (Wildman–Crippen LogP) is 2.83. The van der Waals surface area contributed by atoms with Crippen LogP contribution in [0.4, 0.5) is 5.69 Å². The summed E-state index contributed by atoms with van der Waals surface area (Å²) in [6, 6.07) is 0.187. The van der Waals surface area contributed by atoms with E-state index in [1.165, 1.54) is 0 Å². The van der Waals surface area contributed by atoms with Gasteiger partial charge in [0, 0.05) is 43.6 Å². The van der Waals surface area contributed by atoms with Crippen molar-refractivity contribution in [1.82, 2.24) is 14.8 Å². The topological polar surface area (TPSA) is 122 Å². The highest BCUT2D eigenvalue weighted by Gasteiger charge is 2.50. The number of pyridine rings is 1. The van der Waals surface area contributed by atoms with Gasteiger partial charge in [0.15, 0.2) is 5.65 Å². The van der Waals surface area contributed by atoms with Crippen molar-refractivity contribution in [2.24, 2.45) is 11.1 Å². The summed E-state index contributed by atoms with van der Waals surface area (Å²) < 4.78 is 1.90. The summed E-state index contributed by atoms with van der Waals surface area (Å²) in [5.74, 6) is -0.951. The average molecular weight is 428 g/mol. The number of aryl methyl sites for hydroxylation is 2. The van der Waals surface area contributed by atoms with E-state index in [0.717, 1.165) is 53.1 Å². The van der Waals surface area contributed by atoms with Crippen LogP contribution in [0.5, 0.6) is 0 Å². The molecule has 9 heteroatoms. The van der Waals surface area contributed by atoms with Crippen LogP contribution in [0.1, 0.15) is 63.1 Å². The van der Waals surface area contributed by atoms with Crippen LogP contribution in [0, 0.1) is 12.8 Å². The Labute approximate surface area is 180 Å². The highest BCUT2D eigenvalue weighted by molar-refractivity contribution is 6.11. The average Bonchev–Trinajstić information content (AvgIpc) is 3.30. The Morgan fingerprint density at radius 2 is 2.06 bits per heavy atom. The van der Waals surface area contributed by atoms with Gasteiger partial charge in [0.25, 0.3) is 0 Å². The lowest BCUT2D eigenvalue weighted by Gasteiger charge is -2.39. The standard InChI is InChI=1S/C22H29N5O4/c1-3-27-20-18(12(2)25-27)19(24-14-6-4-13(5-7-14)21(29)30)16(11-23-20)17-10-22(31-26-17)8-15(28)9-22/h11,13-15,28H,3-10H2,1-2H3,(H,23,24)(H,29,30). The second kappa shape index (κ2) is 7.47. The van der Waals surface area contributed by atoms with Gasteiger partial charge in [-0.1, -0.05) is 5.16 Å². The molecule has 2 aromatic heterocycles. The molecule has 0 atom stereocenters. The third-order valence-electron chi connectivity index (χ3n) is 7.03. The van der Waals surface area contributed by atoms with Gasteiger partial charge < -0.3 is 20.4 Å². The maximum absolute atomic E-state index is 11.3. The number of carbonyl (C=O) groups is 1. The van der Waals surface area contributed by atoms with Crippen molar-refractivity contribution in [3.8, 4) is 0 Å². The largest absolute Gasteiger partial charge is 0.481 e. The number of oxime groups is 1. The quantitative estimate of drug-likeness (QED) is 0.671.